The molecule has 0 atom stereocenters. The number of nitrogens with one attached hydrogen (secondary N) is 2. The third kappa shape index (κ3) is 2.58. The number of fused-ring (bicyclic) bond motifs is 2. The van der Waals surface area contributed by atoms with Crippen LogP contribution >= 0.6 is 0 Å². The Balaban J connectivity index is 1.51. The normalized spacial score (nSPS) is 13.4. The van der Waals surface area contributed by atoms with Crippen molar-refractivity contribution in [3.8, 4) is 22.8 Å². The van der Waals surface area contributed by atoms with Gasteiger partial charge in [-0.15, -0.1) is 0 Å². The summed E-state index contributed by atoms with van der Waals surface area (Å²) in [5.74, 6) is 0.642. The molecular weight excluding hydrogens is 376 g/mol. The molecule has 0 bridgehead atoms. The Morgan fingerprint density at radius 2 is 1.87 bits per heavy atom. The summed E-state index contributed by atoms with van der Waals surface area (Å²) in [7, 11) is 0. The second kappa shape index (κ2) is 6.35. The minimum Gasteiger partial charge on any atom is -0.397 e. The van der Waals surface area contributed by atoms with Gasteiger partial charge < -0.3 is 10.7 Å². The van der Waals surface area contributed by atoms with Crippen molar-refractivity contribution < 1.29 is 0 Å². The molecule has 0 aromatic carbocycles. The molecule has 0 amide bonds. The quantitative estimate of drug-likeness (QED) is 0.428. The molecule has 0 spiro atoms. The molecule has 30 heavy (non-hydrogen) atoms. The predicted molar refractivity (Wildman–Crippen MR) is 116 cm³/mol. The van der Waals surface area contributed by atoms with Crippen LogP contribution in [0.25, 0.3) is 50.4 Å². The lowest BCUT2D eigenvalue weighted by Gasteiger charge is -2.02. The Morgan fingerprint density at radius 1 is 0.933 bits per heavy atom. The molecule has 4 N–H and O–H groups in total. The number of anilines is 1. The van der Waals surface area contributed by atoms with Crippen LogP contribution in [0.3, 0.4) is 0 Å². The molecule has 0 radical (unpaired) electrons. The van der Waals surface area contributed by atoms with E-state index >= 15 is 0 Å². The number of pyridine rings is 3. The summed E-state index contributed by atoms with van der Waals surface area (Å²) < 4.78 is 0. The lowest BCUT2D eigenvalue weighted by atomic mass is 10.1. The number of rotatable bonds is 3. The minimum absolute atomic E-state index is 0.592. The zero-order valence-corrected chi connectivity index (χ0v) is 15.8. The topological polar surface area (TPSA) is 122 Å². The molecule has 144 valence electrons. The van der Waals surface area contributed by atoms with Crippen LogP contribution in [-0.4, -0.2) is 35.1 Å². The van der Waals surface area contributed by atoms with E-state index in [1.54, 1.807) is 18.6 Å². The van der Waals surface area contributed by atoms with Crippen LogP contribution in [0.2, 0.25) is 0 Å². The van der Waals surface area contributed by atoms with Crippen molar-refractivity contribution >= 4 is 33.3 Å². The maximum Gasteiger partial charge on any atom is 0.161 e. The first-order chi connectivity index (χ1) is 14.8. The Morgan fingerprint density at radius 3 is 2.73 bits per heavy atom. The fourth-order valence-electron chi connectivity index (χ4n) is 3.74. The summed E-state index contributed by atoms with van der Waals surface area (Å²) in [6, 6.07) is 5.71. The van der Waals surface area contributed by atoms with Crippen molar-refractivity contribution in [3.63, 3.8) is 0 Å². The van der Waals surface area contributed by atoms with Gasteiger partial charge in [0, 0.05) is 29.7 Å². The van der Waals surface area contributed by atoms with E-state index in [1.165, 1.54) is 0 Å². The number of allylic oxidation sites excluding steroid dienone is 4. The highest BCUT2D eigenvalue weighted by Gasteiger charge is 2.17. The highest BCUT2D eigenvalue weighted by molar-refractivity contribution is 5.96. The Hall–Kier alpha value is -4.33. The van der Waals surface area contributed by atoms with E-state index in [-0.39, 0.29) is 0 Å². The molecule has 0 unspecified atom stereocenters. The number of hydrogen-bond acceptors (Lipinski definition) is 6. The van der Waals surface area contributed by atoms with Crippen molar-refractivity contribution in [1.29, 1.82) is 0 Å². The third-order valence-corrected chi connectivity index (χ3v) is 5.16. The highest BCUT2D eigenvalue weighted by Crippen LogP contribution is 2.31. The van der Waals surface area contributed by atoms with Crippen LogP contribution < -0.4 is 5.73 Å². The van der Waals surface area contributed by atoms with Gasteiger partial charge in [0.1, 0.15) is 5.52 Å². The van der Waals surface area contributed by atoms with E-state index in [0.717, 1.165) is 50.9 Å². The van der Waals surface area contributed by atoms with E-state index < -0.39 is 0 Å². The monoisotopic (exact) mass is 392 g/mol. The number of aromatic nitrogens is 7. The first kappa shape index (κ1) is 16.6. The number of nitrogen functional groups attached to an aromatic ring is 1. The van der Waals surface area contributed by atoms with Crippen LogP contribution in [0.1, 0.15) is 12.0 Å². The van der Waals surface area contributed by atoms with Crippen LogP contribution in [0.15, 0.2) is 61.2 Å². The van der Waals surface area contributed by atoms with Crippen molar-refractivity contribution in [1.82, 2.24) is 35.1 Å². The van der Waals surface area contributed by atoms with E-state index in [0.29, 0.717) is 17.2 Å². The molecule has 8 nitrogen and oxygen atoms in total. The molecule has 5 aromatic rings. The highest BCUT2D eigenvalue weighted by atomic mass is 15.1. The fraction of sp³-hybridized carbons (Fsp3) is 0.0455. The van der Waals surface area contributed by atoms with Crippen LogP contribution in [0.4, 0.5) is 5.69 Å². The van der Waals surface area contributed by atoms with E-state index in [1.807, 2.05) is 24.4 Å². The largest absolute Gasteiger partial charge is 0.397 e. The summed E-state index contributed by atoms with van der Waals surface area (Å²) in [5.41, 5.74) is 14.1. The summed E-state index contributed by atoms with van der Waals surface area (Å²) in [5, 5.41) is 7.51. The molecule has 0 fully saturated rings. The third-order valence-electron chi connectivity index (χ3n) is 5.16. The average Bonchev–Trinajstić information content (AvgIpc) is 3.51. The SMILES string of the molecule is Nc1cncc(-c2ccc3[nH]nc(-c4nc5c(C6=CCC=C6)cncc5[nH]4)c3n2)c1. The van der Waals surface area contributed by atoms with Gasteiger partial charge in [0.05, 0.1) is 34.1 Å². The van der Waals surface area contributed by atoms with Crippen molar-refractivity contribution in [2.45, 2.75) is 6.42 Å². The molecule has 5 aromatic heterocycles. The molecule has 0 saturated heterocycles. The standard InChI is InChI=1S/C22H16N8/c23-14-7-13(8-24-9-14)16-5-6-17-20(26-16)21(30-29-17)22-27-18-11-25-10-15(19(18)28-22)12-3-1-2-4-12/h1,3-11H,2,23H2,(H,27,28)(H,29,30). The van der Waals surface area contributed by atoms with Crippen LogP contribution in [-0.2, 0) is 0 Å². The van der Waals surface area contributed by atoms with Gasteiger partial charge in [0.2, 0.25) is 0 Å². The second-order valence-corrected chi connectivity index (χ2v) is 7.14. The average molecular weight is 392 g/mol. The van der Waals surface area contributed by atoms with Gasteiger partial charge in [-0.2, -0.15) is 5.10 Å². The fourth-order valence-corrected chi connectivity index (χ4v) is 3.74. The van der Waals surface area contributed by atoms with Crippen LogP contribution in [0, 0.1) is 0 Å². The van der Waals surface area contributed by atoms with Crippen LogP contribution in [0.5, 0.6) is 0 Å². The summed E-state index contributed by atoms with van der Waals surface area (Å²) >= 11 is 0. The van der Waals surface area contributed by atoms with E-state index in [9.17, 15) is 0 Å². The first-order valence-corrected chi connectivity index (χ1v) is 9.53. The molecule has 0 saturated carbocycles. The molecule has 0 aliphatic heterocycles. The smallest absolute Gasteiger partial charge is 0.161 e. The number of H-pyrrole nitrogens is 2. The number of nitrogens with two attached hydrogens (primary N) is 1. The van der Waals surface area contributed by atoms with Gasteiger partial charge in [0.25, 0.3) is 0 Å². The van der Waals surface area contributed by atoms with E-state index in [2.05, 4.69) is 43.4 Å². The maximum atomic E-state index is 5.88. The molecule has 8 heteroatoms. The summed E-state index contributed by atoms with van der Waals surface area (Å²) in [4.78, 5) is 21.5. The number of imidazole rings is 1. The summed E-state index contributed by atoms with van der Waals surface area (Å²) in [6.07, 6.45) is 14.3. The Bertz CT molecular complexity index is 1490. The first-order valence-electron chi connectivity index (χ1n) is 9.53. The molecule has 1 aliphatic carbocycles. The lowest BCUT2D eigenvalue weighted by Crippen LogP contribution is -1.90. The summed E-state index contributed by atoms with van der Waals surface area (Å²) in [6.45, 7) is 0. The van der Waals surface area contributed by atoms with E-state index in [4.69, 9.17) is 15.7 Å². The zero-order valence-electron chi connectivity index (χ0n) is 15.8. The van der Waals surface area contributed by atoms with Crippen molar-refractivity contribution in [2.75, 3.05) is 5.73 Å². The lowest BCUT2D eigenvalue weighted by molar-refractivity contribution is 1.10. The van der Waals surface area contributed by atoms with Gasteiger partial charge in [-0.25, -0.2) is 9.97 Å². The zero-order chi connectivity index (χ0) is 20.1. The number of hydrogen-bond donors (Lipinski definition) is 3. The predicted octanol–water partition coefficient (Wildman–Crippen LogP) is 3.88. The molecule has 5 heterocycles. The minimum atomic E-state index is 0.592. The Kier molecular flexibility index (Phi) is 3.51. The van der Waals surface area contributed by atoms with Gasteiger partial charge in [-0.05, 0) is 30.2 Å². The Labute approximate surface area is 170 Å². The number of aromatic amines is 2. The molecular formula is C22H16N8. The van der Waals surface area contributed by atoms with Crippen molar-refractivity contribution in [2.24, 2.45) is 0 Å². The number of nitrogens with zero attached hydrogens (tertiary/aromatic N) is 5. The van der Waals surface area contributed by atoms with Gasteiger partial charge in [-0.1, -0.05) is 18.2 Å². The molecule has 1 aliphatic rings. The molecule has 6 rings (SSSR count). The van der Waals surface area contributed by atoms with Gasteiger partial charge in [-0.3, -0.25) is 15.1 Å². The second-order valence-electron chi connectivity index (χ2n) is 7.14. The van der Waals surface area contributed by atoms with Gasteiger partial charge >= 0.3 is 0 Å². The van der Waals surface area contributed by atoms with Crippen molar-refractivity contribution in [3.05, 3.63) is 66.8 Å². The van der Waals surface area contributed by atoms with Gasteiger partial charge in [0.15, 0.2) is 11.5 Å². The maximum absolute atomic E-state index is 5.88.